The van der Waals surface area contributed by atoms with Gasteiger partial charge in [0.15, 0.2) is 0 Å². The van der Waals surface area contributed by atoms with Crippen molar-refractivity contribution >= 4 is 11.6 Å². The number of nitrogens with zero attached hydrogens (tertiary/aromatic N) is 1. The van der Waals surface area contributed by atoms with Crippen molar-refractivity contribution in [3.63, 3.8) is 0 Å². The Morgan fingerprint density at radius 2 is 2.11 bits per heavy atom. The lowest BCUT2D eigenvalue weighted by Crippen LogP contribution is -2.15. The van der Waals surface area contributed by atoms with Gasteiger partial charge in [0.2, 0.25) is 5.91 Å². The van der Waals surface area contributed by atoms with Crippen molar-refractivity contribution < 1.29 is 9.90 Å². The minimum atomic E-state index is -0.538. The summed E-state index contributed by atoms with van der Waals surface area (Å²) in [6.07, 6.45) is 1.68. The van der Waals surface area contributed by atoms with Crippen LogP contribution >= 0.6 is 0 Å². The minimum Gasteiger partial charge on any atom is -0.387 e. The maximum absolute atomic E-state index is 11.1. The van der Waals surface area contributed by atoms with E-state index in [2.05, 4.69) is 22.1 Å². The normalized spacial score (nSPS) is 9.32. The van der Waals surface area contributed by atoms with Crippen LogP contribution in [0.3, 0.4) is 0 Å². The molecule has 0 aliphatic rings. The van der Waals surface area contributed by atoms with Crippen LogP contribution in [0.25, 0.3) is 0 Å². The Labute approximate surface area is 111 Å². The molecule has 1 aromatic heterocycles. The van der Waals surface area contributed by atoms with Crippen LogP contribution < -0.4 is 5.32 Å². The highest BCUT2D eigenvalue weighted by atomic mass is 16.3. The van der Waals surface area contributed by atoms with Gasteiger partial charge in [0, 0.05) is 17.4 Å². The van der Waals surface area contributed by atoms with E-state index in [-0.39, 0.29) is 0 Å². The van der Waals surface area contributed by atoms with Crippen LogP contribution in [0, 0.1) is 11.8 Å². The average Bonchev–Trinajstić information content (AvgIpc) is 2.46. The molecule has 2 N–H and O–H groups in total. The number of carbonyl (C=O) groups is 1. The van der Waals surface area contributed by atoms with Crippen LogP contribution in [0.4, 0.5) is 5.69 Å². The molecule has 0 atom stereocenters. The number of aliphatic hydroxyl groups excluding tert-OH is 1. The van der Waals surface area contributed by atoms with Crippen molar-refractivity contribution in [2.45, 2.75) is 0 Å². The molecule has 0 saturated carbocycles. The van der Waals surface area contributed by atoms with E-state index in [9.17, 15) is 4.79 Å². The molecule has 0 aliphatic carbocycles. The highest BCUT2D eigenvalue weighted by molar-refractivity contribution is 5.91. The van der Waals surface area contributed by atoms with E-state index in [0.717, 1.165) is 5.56 Å². The molecular weight excluding hydrogens is 240 g/mol. The van der Waals surface area contributed by atoms with Crippen LogP contribution in [0.15, 0.2) is 48.7 Å². The first-order valence-corrected chi connectivity index (χ1v) is 5.72. The molecule has 0 aliphatic heterocycles. The van der Waals surface area contributed by atoms with Crippen LogP contribution in [-0.4, -0.2) is 22.6 Å². The topological polar surface area (TPSA) is 62.2 Å². The highest BCUT2D eigenvalue weighted by Crippen LogP contribution is 2.09. The summed E-state index contributed by atoms with van der Waals surface area (Å²) in [7, 11) is 0. The fourth-order valence-corrected chi connectivity index (χ4v) is 1.45. The first-order chi connectivity index (χ1) is 9.28. The molecule has 94 valence electrons. The predicted molar refractivity (Wildman–Crippen MR) is 72.4 cm³/mol. The Morgan fingerprint density at radius 3 is 2.84 bits per heavy atom. The standard InChI is InChI=1S/C15H12N2O2/c18-11-15(19)17-14-6-3-4-12(10-14)7-8-13-5-1-2-9-16-13/h1-6,9-10,18H,11H2,(H,17,19). The summed E-state index contributed by atoms with van der Waals surface area (Å²) in [5, 5.41) is 11.2. The van der Waals surface area contributed by atoms with Gasteiger partial charge in [0.05, 0.1) is 0 Å². The van der Waals surface area contributed by atoms with Crippen LogP contribution in [0.1, 0.15) is 11.3 Å². The Morgan fingerprint density at radius 1 is 1.21 bits per heavy atom. The van der Waals surface area contributed by atoms with Gasteiger partial charge in [-0.25, -0.2) is 4.98 Å². The number of carbonyl (C=O) groups excluding carboxylic acids is 1. The smallest absolute Gasteiger partial charge is 0.250 e. The van der Waals surface area contributed by atoms with Gasteiger partial charge in [-0.15, -0.1) is 0 Å². The number of rotatable bonds is 2. The summed E-state index contributed by atoms with van der Waals surface area (Å²) in [6.45, 7) is -0.538. The number of aliphatic hydroxyl groups is 1. The van der Waals surface area contributed by atoms with Gasteiger partial charge in [-0.3, -0.25) is 4.79 Å². The van der Waals surface area contributed by atoms with Crippen molar-refractivity contribution in [1.29, 1.82) is 0 Å². The van der Waals surface area contributed by atoms with Crippen molar-refractivity contribution in [1.82, 2.24) is 4.98 Å². The first-order valence-electron chi connectivity index (χ1n) is 5.72. The summed E-state index contributed by atoms with van der Waals surface area (Å²) in [5.41, 5.74) is 2.06. The molecule has 0 bridgehead atoms. The molecule has 0 radical (unpaired) electrons. The Kier molecular flexibility index (Phi) is 4.27. The van der Waals surface area contributed by atoms with E-state index in [1.807, 2.05) is 24.3 Å². The third-order valence-corrected chi connectivity index (χ3v) is 2.29. The number of hydrogen-bond acceptors (Lipinski definition) is 3. The van der Waals surface area contributed by atoms with E-state index in [1.54, 1.807) is 24.4 Å². The van der Waals surface area contributed by atoms with Crippen molar-refractivity contribution in [3.8, 4) is 11.8 Å². The molecule has 2 rings (SSSR count). The summed E-state index contributed by atoms with van der Waals surface area (Å²) in [6, 6.07) is 12.6. The number of benzene rings is 1. The molecule has 1 aromatic carbocycles. The third kappa shape index (κ3) is 3.95. The lowest BCUT2D eigenvalue weighted by Gasteiger charge is -2.02. The second-order valence-electron chi connectivity index (χ2n) is 3.75. The van der Waals surface area contributed by atoms with Crippen LogP contribution in [-0.2, 0) is 4.79 Å². The minimum absolute atomic E-state index is 0.449. The molecule has 0 unspecified atom stereocenters. The lowest BCUT2D eigenvalue weighted by molar-refractivity contribution is -0.118. The third-order valence-electron chi connectivity index (χ3n) is 2.29. The van der Waals surface area contributed by atoms with Crippen LogP contribution in [0.2, 0.25) is 0 Å². The number of amides is 1. The number of nitrogens with one attached hydrogen (secondary N) is 1. The Balaban J connectivity index is 2.16. The molecule has 0 spiro atoms. The second-order valence-corrected chi connectivity index (χ2v) is 3.75. The maximum Gasteiger partial charge on any atom is 0.250 e. The van der Waals surface area contributed by atoms with Gasteiger partial charge in [0.25, 0.3) is 0 Å². The van der Waals surface area contributed by atoms with E-state index < -0.39 is 12.5 Å². The average molecular weight is 252 g/mol. The van der Waals surface area contributed by atoms with E-state index >= 15 is 0 Å². The number of aromatic nitrogens is 1. The van der Waals surface area contributed by atoms with Gasteiger partial charge in [-0.1, -0.05) is 18.1 Å². The fraction of sp³-hybridized carbons (Fsp3) is 0.0667. The molecule has 4 nitrogen and oxygen atoms in total. The van der Waals surface area contributed by atoms with E-state index in [4.69, 9.17) is 5.11 Å². The molecule has 19 heavy (non-hydrogen) atoms. The summed E-state index contributed by atoms with van der Waals surface area (Å²) in [5.74, 6) is 5.45. The SMILES string of the molecule is O=C(CO)Nc1cccc(C#Cc2ccccn2)c1. The van der Waals surface area contributed by atoms with Gasteiger partial charge >= 0.3 is 0 Å². The largest absolute Gasteiger partial charge is 0.387 e. The number of pyridine rings is 1. The zero-order chi connectivity index (χ0) is 13.5. The van der Waals surface area contributed by atoms with E-state index in [1.165, 1.54) is 0 Å². The first kappa shape index (κ1) is 12.8. The van der Waals surface area contributed by atoms with Crippen molar-refractivity contribution in [2.24, 2.45) is 0 Å². The summed E-state index contributed by atoms with van der Waals surface area (Å²) >= 11 is 0. The zero-order valence-electron chi connectivity index (χ0n) is 10.1. The molecular formula is C15H12N2O2. The molecule has 2 aromatic rings. The monoisotopic (exact) mass is 252 g/mol. The van der Waals surface area contributed by atoms with Gasteiger partial charge in [-0.05, 0) is 36.3 Å². The quantitative estimate of drug-likeness (QED) is 0.794. The summed E-state index contributed by atoms with van der Waals surface area (Å²) < 4.78 is 0. The molecule has 4 heteroatoms. The molecule has 1 heterocycles. The lowest BCUT2D eigenvalue weighted by atomic mass is 10.2. The Bertz CT molecular complexity index is 627. The Hall–Kier alpha value is -2.64. The summed E-state index contributed by atoms with van der Waals surface area (Å²) in [4.78, 5) is 15.2. The fourth-order valence-electron chi connectivity index (χ4n) is 1.45. The maximum atomic E-state index is 11.1. The van der Waals surface area contributed by atoms with Crippen molar-refractivity contribution in [3.05, 3.63) is 59.9 Å². The number of hydrogen-bond donors (Lipinski definition) is 2. The molecule has 1 amide bonds. The molecule has 0 saturated heterocycles. The van der Waals surface area contributed by atoms with Gasteiger partial charge in [-0.2, -0.15) is 0 Å². The predicted octanol–water partition coefficient (Wildman–Crippen LogP) is 1.41. The van der Waals surface area contributed by atoms with Gasteiger partial charge < -0.3 is 10.4 Å². The van der Waals surface area contributed by atoms with E-state index in [0.29, 0.717) is 11.4 Å². The zero-order valence-corrected chi connectivity index (χ0v) is 10.1. The highest BCUT2D eigenvalue weighted by Gasteiger charge is 1.99. The van der Waals surface area contributed by atoms with Crippen LogP contribution in [0.5, 0.6) is 0 Å². The number of anilines is 1. The molecule has 0 fully saturated rings. The second kappa shape index (κ2) is 6.34. The van der Waals surface area contributed by atoms with Gasteiger partial charge in [0.1, 0.15) is 12.3 Å². The van der Waals surface area contributed by atoms with Crippen molar-refractivity contribution in [2.75, 3.05) is 11.9 Å².